The number of nitrogens with zero attached hydrogens (tertiary/aromatic N) is 4. The maximum Gasteiger partial charge on any atom is 0.408 e. The Labute approximate surface area is 228 Å². The Balaban J connectivity index is 1.41. The first-order chi connectivity index (χ1) is 18.4. The highest BCUT2D eigenvalue weighted by Gasteiger charge is 2.34. The number of H-pyrrole nitrogens is 1. The molecule has 1 aliphatic heterocycles. The molecule has 2 fully saturated rings. The number of hydrogen-bond acceptors (Lipinski definition) is 9. The number of esters is 1. The number of anilines is 3. The van der Waals surface area contributed by atoms with Gasteiger partial charge in [-0.3, -0.25) is 5.10 Å². The number of rotatable bonds is 6. The Morgan fingerprint density at radius 2 is 1.85 bits per heavy atom. The van der Waals surface area contributed by atoms with Crippen LogP contribution < -0.4 is 15.5 Å². The summed E-state index contributed by atoms with van der Waals surface area (Å²) < 4.78 is 10.4. The molecule has 0 atom stereocenters. The minimum Gasteiger partial charge on any atom is -0.465 e. The average Bonchev–Trinajstić information content (AvgIpc) is 3.65. The molecule has 0 unspecified atom stereocenters. The van der Waals surface area contributed by atoms with Crippen molar-refractivity contribution in [2.24, 2.45) is 0 Å². The van der Waals surface area contributed by atoms with Gasteiger partial charge in [-0.2, -0.15) is 10.1 Å². The van der Waals surface area contributed by atoms with Crippen molar-refractivity contribution < 1.29 is 19.1 Å². The summed E-state index contributed by atoms with van der Waals surface area (Å²) in [6, 6.07) is 5.26. The van der Waals surface area contributed by atoms with Crippen LogP contribution in [0.5, 0.6) is 0 Å². The van der Waals surface area contributed by atoms with Crippen molar-refractivity contribution in [1.82, 2.24) is 25.5 Å². The predicted octanol–water partition coefficient (Wildman–Crippen LogP) is 4.95. The molecule has 11 nitrogen and oxygen atoms in total. The van der Waals surface area contributed by atoms with Crippen LogP contribution in [-0.2, 0) is 9.47 Å². The molecule has 0 radical (unpaired) electrons. The van der Waals surface area contributed by atoms with Crippen molar-refractivity contribution in [3.8, 4) is 0 Å². The lowest BCUT2D eigenvalue weighted by molar-refractivity contribution is 0.0447. The third-order valence-corrected chi connectivity index (χ3v) is 7.33. The standard InChI is InChI=1S/C28H37N7O4/c1-16-21(17-7-8-17)33-34-22(16)30-23-19-15-18(24(36)38-6)9-10-20(19)29-25(31-23)35-13-11-28(5,12-14-35)32-26(37)39-27(2,3)4/h9-10,15,17H,7-8,11-14H2,1-6H3,(H,32,37)(H2,29,30,31,33,34). The van der Waals surface area contributed by atoms with E-state index in [9.17, 15) is 9.59 Å². The third kappa shape index (κ3) is 5.91. The Morgan fingerprint density at radius 3 is 2.49 bits per heavy atom. The molecule has 3 aromatic rings. The van der Waals surface area contributed by atoms with Gasteiger partial charge in [0.1, 0.15) is 11.4 Å². The summed E-state index contributed by atoms with van der Waals surface area (Å²) in [4.78, 5) is 36.5. The molecule has 1 aromatic carbocycles. The van der Waals surface area contributed by atoms with E-state index >= 15 is 0 Å². The molecule has 3 N–H and O–H groups in total. The normalized spacial score (nSPS) is 17.1. The van der Waals surface area contributed by atoms with E-state index in [0.29, 0.717) is 65.9 Å². The summed E-state index contributed by atoms with van der Waals surface area (Å²) in [5, 5.41) is 14.8. The van der Waals surface area contributed by atoms with E-state index in [-0.39, 0.29) is 0 Å². The van der Waals surface area contributed by atoms with Crippen LogP contribution in [0.3, 0.4) is 0 Å². The van der Waals surface area contributed by atoms with Crippen molar-refractivity contribution in [3.05, 3.63) is 35.0 Å². The first kappa shape index (κ1) is 26.7. The minimum atomic E-state index is -0.552. The first-order valence-electron chi connectivity index (χ1n) is 13.4. The van der Waals surface area contributed by atoms with Crippen LogP contribution in [-0.4, -0.2) is 63.6 Å². The summed E-state index contributed by atoms with van der Waals surface area (Å²) in [5.41, 5.74) is 2.40. The van der Waals surface area contributed by atoms with Gasteiger partial charge in [0.25, 0.3) is 0 Å². The van der Waals surface area contributed by atoms with Gasteiger partial charge in [0.2, 0.25) is 5.95 Å². The lowest BCUT2D eigenvalue weighted by atomic mass is 9.90. The van der Waals surface area contributed by atoms with Crippen LogP contribution >= 0.6 is 0 Å². The van der Waals surface area contributed by atoms with Crippen LogP contribution in [0.25, 0.3) is 10.9 Å². The molecule has 2 aromatic heterocycles. The van der Waals surface area contributed by atoms with Gasteiger partial charge in [0, 0.05) is 41.2 Å². The molecule has 2 aliphatic rings. The molecule has 1 amide bonds. The number of carbonyl (C=O) groups is 2. The monoisotopic (exact) mass is 535 g/mol. The van der Waals surface area contributed by atoms with E-state index in [4.69, 9.17) is 19.4 Å². The zero-order chi connectivity index (χ0) is 27.9. The lowest BCUT2D eigenvalue weighted by Crippen LogP contribution is -2.54. The van der Waals surface area contributed by atoms with E-state index in [2.05, 4.69) is 25.7 Å². The molecule has 3 heterocycles. The third-order valence-electron chi connectivity index (χ3n) is 7.33. The summed E-state index contributed by atoms with van der Waals surface area (Å²) in [6.07, 6.45) is 3.35. The number of hydrogen-bond donors (Lipinski definition) is 3. The maximum atomic E-state index is 12.4. The van der Waals surface area contributed by atoms with Gasteiger partial charge in [-0.25, -0.2) is 14.6 Å². The molecule has 5 rings (SSSR count). The molecule has 39 heavy (non-hydrogen) atoms. The maximum absolute atomic E-state index is 12.4. The van der Waals surface area contributed by atoms with Crippen molar-refractivity contribution in [1.29, 1.82) is 0 Å². The Morgan fingerprint density at radius 1 is 1.13 bits per heavy atom. The lowest BCUT2D eigenvalue weighted by Gasteiger charge is -2.40. The fraction of sp³-hybridized carbons (Fsp3) is 0.536. The number of fused-ring (bicyclic) bond motifs is 1. The van der Waals surface area contributed by atoms with Crippen molar-refractivity contribution in [2.45, 2.75) is 77.4 Å². The van der Waals surface area contributed by atoms with Crippen LogP contribution in [0.4, 0.5) is 22.4 Å². The predicted molar refractivity (Wildman–Crippen MR) is 149 cm³/mol. The van der Waals surface area contributed by atoms with Gasteiger partial charge in [-0.1, -0.05) is 0 Å². The smallest absolute Gasteiger partial charge is 0.408 e. The average molecular weight is 536 g/mol. The van der Waals surface area contributed by atoms with Gasteiger partial charge in [-0.05, 0) is 78.5 Å². The molecule has 208 valence electrons. The number of aromatic nitrogens is 4. The fourth-order valence-electron chi connectivity index (χ4n) is 4.89. The second kappa shape index (κ2) is 10.0. The Bertz CT molecular complexity index is 1400. The molecule has 11 heteroatoms. The number of alkyl carbamates (subject to hydrolysis) is 1. The summed E-state index contributed by atoms with van der Waals surface area (Å²) >= 11 is 0. The van der Waals surface area contributed by atoms with E-state index in [1.54, 1.807) is 12.1 Å². The molecular weight excluding hydrogens is 498 g/mol. The van der Waals surface area contributed by atoms with Crippen LogP contribution in [0.2, 0.25) is 0 Å². The molecule has 0 spiro atoms. The number of nitrogens with one attached hydrogen (secondary N) is 3. The Kier molecular flexibility index (Phi) is 6.86. The number of methoxy groups -OCH3 is 1. The second-order valence-corrected chi connectivity index (χ2v) is 11.8. The highest BCUT2D eigenvalue weighted by atomic mass is 16.6. The number of piperidine rings is 1. The van der Waals surface area contributed by atoms with E-state index in [1.807, 2.05) is 40.7 Å². The summed E-state index contributed by atoms with van der Waals surface area (Å²) in [6.45, 7) is 11.0. The fourth-order valence-corrected chi connectivity index (χ4v) is 4.89. The van der Waals surface area contributed by atoms with Crippen molar-refractivity contribution in [2.75, 3.05) is 30.4 Å². The van der Waals surface area contributed by atoms with E-state index < -0.39 is 23.2 Å². The van der Waals surface area contributed by atoms with E-state index in [1.165, 1.54) is 20.0 Å². The molecule has 0 bridgehead atoms. The Hall–Kier alpha value is -3.89. The SMILES string of the molecule is COC(=O)c1ccc2nc(N3CCC(C)(NC(=O)OC(C)(C)C)CC3)nc(Nc3n[nH]c(C4CC4)c3C)c2c1. The van der Waals surface area contributed by atoms with Gasteiger partial charge in [-0.15, -0.1) is 0 Å². The summed E-state index contributed by atoms with van der Waals surface area (Å²) in [5.74, 6) is 1.96. The van der Waals surface area contributed by atoms with Gasteiger partial charge < -0.3 is 25.0 Å². The topological polar surface area (TPSA) is 134 Å². The number of benzene rings is 1. The van der Waals surface area contributed by atoms with Gasteiger partial charge in [0.15, 0.2) is 5.82 Å². The van der Waals surface area contributed by atoms with Crippen LogP contribution in [0.15, 0.2) is 18.2 Å². The number of ether oxygens (including phenoxy) is 2. The minimum absolute atomic E-state index is 0.391. The summed E-state index contributed by atoms with van der Waals surface area (Å²) in [7, 11) is 1.36. The van der Waals surface area contributed by atoms with Crippen molar-refractivity contribution >= 4 is 40.5 Å². The first-order valence-corrected chi connectivity index (χ1v) is 13.4. The molecular formula is C28H37N7O4. The molecule has 1 aliphatic carbocycles. The highest BCUT2D eigenvalue weighted by molar-refractivity contribution is 5.99. The zero-order valence-corrected chi connectivity index (χ0v) is 23.5. The van der Waals surface area contributed by atoms with Crippen molar-refractivity contribution in [3.63, 3.8) is 0 Å². The quantitative estimate of drug-likeness (QED) is 0.375. The van der Waals surface area contributed by atoms with E-state index in [0.717, 1.165) is 11.3 Å². The number of aromatic amines is 1. The van der Waals surface area contributed by atoms with Gasteiger partial charge in [0.05, 0.1) is 18.2 Å². The number of amides is 1. The highest BCUT2D eigenvalue weighted by Crippen LogP contribution is 2.42. The van der Waals surface area contributed by atoms with Crippen LogP contribution in [0, 0.1) is 6.92 Å². The second-order valence-electron chi connectivity index (χ2n) is 11.8. The largest absolute Gasteiger partial charge is 0.465 e. The van der Waals surface area contributed by atoms with Crippen LogP contribution in [0.1, 0.15) is 80.9 Å². The molecule has 1 saturated heterocycles. The van der Waals surface area contributed by atoms with Gasteiger partial charge >= 0.3 is 12.1 Å². The number of carbonyl (C=O) groups excluding carboxylic acids is 2. The zero-order valence-electron chi connectivity index (χ0n) is 23.5. The molecule has 1 saturated carbocycles.